The highest BCUT2D eigenvalue weighted by atomic mass is 32.2. The van der Waals surface area contributed by atoms with Crippen LogP contribution in [0.5, 0.6) is 0 Å². The first-order valence-corrected chi connectivity index (χ1v) is 9.78. The van der Waals surface area contributed by atoms with Gasteiger partial charge in [-0.25, -0.2) is 12.7 Å². The molecule has 2 heterocycles. The summed E-state index contributed by atoms with van der Waals surface area (Å²) in [4.78, 5) is 2.76. The SMILES string of the molecule is CN(Cc1cccc(S(=O)(=O)N(C)C)c1)C1CC2CCC(C1)N2. The van der Waals surface area contributed by atoms with E-state index in [1.54, 1.807) is 20.2 Å². The predicted molar refractivity (Wildman–Crippen MR) is 91.7 cm³/mol. The van der Waals surface area contributed by atoms with Crippen molar-refractivity contribution in [1.82, 2.24) is 14.5 Å². The van der Waals surface area contributed by atoms with Crippen LogP contribution >= 0.6 is 0 Å². The van der Waals surface area contributed by atoms with Crippen molar-refractivity contribution >= 4 is 10.0 Å². The van der Waals surface area contributed by atoms with Gasteiger partial charge in [0.05, 0.1) is 4.90 Å². The second-order valence-corrected chi connectivity index (χ2v) is 9.26. The van der Waals surface area contributed by atoms with Crippen molar-refractivity contribution in [2.45, 2.75) is 55.2 Å². The molecular formula is C17H27N3O2S. The van der Waals surface area contributed by atoms with E-state index in [0.717, 1.165) is 12.1 Å². The molecule has 3 rings (SSSR count). The van der Waals surface area contributed by atoms with E-state index < -0.39 is 10.0 Å². The molecule has 2 aliphatic heterocycles. The molecule has 1 aromatic carbocycles. The van der Waals surface area contributed by atoms with Crippen molar-refractivity contribution in [3.63, 3.8) is 0 Å². The average Bonchev–Trinajstić information content (AvgIpc) is 2.85. The van der Waals surface area contributed by atoms with Crippen molar-refractivity contribution in [3.8, 4) is 0 Å². The summed E-state index contributed by atoms with van der Waals surface area (Å²) in [5, 5.41) is 3.67. The maximum Gasteiger partial charge on any atom is 0.242 e. The van der Waals surface area contributed by atoms with E-state index in [1.165, 1.54) is 30.0 Å². The third-order valence-corrected chi connectivity index (χ3v) is 6.99. The fourth-order valence-electron chi connectivity index (χ4n) is 3.82. The minimum absolute atomic E-state index is 0.374. The fraction of sp³-hybridized carbons (Fsp3) is 0.647. The van der Waals surface area contributed by atoms with Gasteiger partial charge >= 0.3 is 0 Å². The van der Waals surface area contributed by atoms with Gasteiger partial charge in [-0.3, -0.25) is 4.90 Å². The van der Waals surface area contributed by atoms with Crippen LogP contribution in [0.2, 0.25) is 0 Å². The van der Waals surface area contributed by atoms with Crippen LogP contribution < -0.4 is 5.32 Å². The summed E-state index contributed by atoms with van der Waals surface area (Å²) in [7, 11) is 1.93. The van der Waals surface area contributed by atoms with Gasteiger partial charge in [0, 0.05) is 38.8 Å². The Morgan fingerprint density at radius 2 is 1.78 bits per heavy atom. The maximum absolute atomic E-state index is 12.3. The molecule has 2 fully saturated rings. The number of rotatable bonds is 5. The zero-order valence-corrected chi connectivity index (χ0v) is 15.0. The van der Waals surface area contributed by atoms with Gasteiger partial charge < -0.3 is 5.32 Å². The van der Waals surface area contributed by atoms with Crippen LogP contribution in [-0.2, 0) is 16.6 Å². The van der Waals surface area contributed by atoms with E-state index in [4.69, 9.17) is 0 Å². The van der Waals surface area contributed by atoms with Gasteiger partial charge in [0.25, 0.3) is 0 Å². The van der Waals surface area contributed by atoms with Gasteiger partial charge in [0.2, 0.25) is 10.0 Å². The Kier molecular flexibility index (Phi) is 4.78. The highest BCUT2D eigenvalue weighted by Crippen LogP contribution is 2.30. The van der Waals surface area contributed by atoms with Gasteiger partial charge in [0.15, 0.2) is 0 Å². The smallest absolute Gasteiger partial charge is 0.242 e. The van der Waals surface area contributed by atoms with Crippen LogP contribution in [0.25, 0.3) is 0 Å². The summed E-state index contributed by atoms with van der Waals surface area (Å²) in [6, 6.07) is 9.25. The van der Waals surface area contributed by atoms with Gasteiger partial charge in [-0.2, -0.15) is 0 Å². The average molecular weight is 337 g/mol. The van der Waals surface area contributed by atoms with Crippen molar-refractivity contribution in [2.24, 2.45) is 0 Å². The van der Waals surface area contributed by atoms with E-state index in [-0.39, 0.29) is 0 Å². The monoisotopic (exact) mass is 337 g/mol. The molecule has 0 spiro atoms. The van der Waals surface area contributed by atoms with Gasteiger partial charge in [-0.05, 0) is 50.4 Å². The van der Waals surface area contributed by atoms with Crippen molar-refractivity contribution in [1.29, 1.82) is 0 Å². The lowest BCUT2D eigenvalue weighted by molar-refractivity contribution is 0.166. The quantitative estimate of drug-likeness (QED) is 0.888. The lowest BCUT2D eigenvalue weighted by Crippen LogP contribution is -2.46. The first-order chi connectivity index (χ1) is 10.9. The topological polar surface area (TPSA) is 52.7 Å². The minimum Gasteiger partial charge on any atom is -0.311 e. The molecule has 0 aromatic heterocycles. The Morgan fingerprint density at radius 3 is 2.39 bits per heavy atom. The van der Waals surface area contributed by atoms with Gasteiger partial charge in [0.1, 0.15) is 0 Å². The molecule has 0 amide bonds. The number of fused-ring (bicyclic) bond motifs is 2. The standard InChI is InChI=1S/C17H27N3O2S/c1-19(2)23(21,22)17-6-4-5-13(9-17)12-20(3)16-10-14-7-8-15(11-16)18-14/h4-6,9,14-16,18H,7-8,10-12H2,1-3H3. The van der Waals surface area contributed by atoms with E-state index in [0.29, 0.717) is 23.0 Å². The summed E-state index contributed by atoms with van der Waals surface area (Å²) < 4.78 is 25.8. The normalized spacial score (nSPS) is 27.8. The Bertz CT molecular complexity index is 648. The van der Waals surface area contributed by atoms with Crippen LogP contribution in [0.15, 0.2) is 29.2 Å². The van der Waals surface area contributed by atoms with Crippen LogP contribution in [0.3, 0.4) is 0 Å². The van der Waals surface area contributed by atoms with Gasteiger partial charge in [-0.15, -0.1) is 0 Å². The lowest BCUT2D eigenvalue weighted by Gasteiger charge is -2.35. The number of hydrogen-bond donors (Lipinski definition) is 1. The molecule has 0 aliphatic carbocycles. The summed E-state index contributed by atoms with van der Waals surface area (Å²) in [5.41, 5.74) is 1.06. The molecule has 2 bridgehead atoms. The van der Waals surface area contributed by atoms with E-state index in [9.17, 15) is 8.42 Å². The molecule has 0 radical (unpaired) electrons. The Morgan fingerprint density at radius 1 is 1.13 bits per heavy atom. The molecule has 1 aromatic rings. The third-order valence-electron chi connectivity index (χ3n) is 5.18. The van der Waals surface area contributed by atoms with Crippen molar-refractivity contribution in [3.05, 3.63) is 29.8 Å². The van der Waals surface area contributed by atoms with Crippen molar-refractivity contribution < 1.29 is 8.42 Å². The molecule has 2 unspecified atom stereocenters. The molecule has 128 valence electrons. The predicted octanol–water partition coefficient (Wildman–Crippen LogP) is 1.65. The van der Waals surface area contributed by atoms with Gasteiger partial charge in [-0.1, -0.05) is 12.1 Å². The number of nitrogens with zero attached hydrogens (tertiary/aromatic N) is 2. The summed E-state index contributed by atoms with van der Waals surface area (Å²) >= 11 is 0. The Labute approximate surface area is 139 Å². The number of sulfonamides is 1. The maximum atomic E-state index is 12.3. The first kappa shape index (κ1) is 16.9. The van der Waals surface area contributed by atoms with Crippen LogP contribution in [-0.4, -0.2) is 56.9 Å². The highest BCUT2D eigenvalue weighted by molar-refractivity contribution is 7.89. The summed E-state index contributed by atoms with van der Waals surface area (Å²) in [6.45, 7) is 0.793. The second-order valence-electron chi connectivity index (χ2n) is 7.11. The molecule has 6 heteroatoms. The number of nitrogens with one attached hydrogen (secondary N) is 1. The highest BCUT2D eigenvalue weighted by Gasteiger charge is 2.35. The Hall–Kier alpha value is -0.950. The summed E-state index contributed by atoms with van der Waals surface area (Å²) in [6.07, 6.45) is 4.99. The molecule has 1 N–H and O–H groups in total. The lowest BCUT2D eigenvalue weighted by atomic mass is 9.98. The zero-order chi connectivity index (χ0) is 16.6. The molecule has 2 aliphatic rings. The number of hydrogen-bond acceptors (Lipinski definition) is 4. The van der Waals surface area contributed by atoms with E-state index in [2.05, 4.69) is 17.3 Å². The molecule has 2 atom stereocenters. The van der Waals surface area contributed by atoms with Crippen LogP contribution in [0.1, 0.15) is 31.2 Å². The third kappa shape index (κ3) is 3.60. The molecule has 5 nitrogen and oxygen atoms in total. The molecule has 0 saturated carbocycles. The van der Waals surface area contributed by atoms with E-state index in [1.807, 2.05) is 18.2 Å². The second kappa shape index (κ2) is 6.51. The largest absolute Gasteiger partial charge is 0.311 e. The first-order valence-electron chi connectivity index (χ1n) is 8.34. The number of benzene rings is 1. The molecule has 23 heavy (non-hydrogen) atoms. The number of piperidine rings is 1. The van der Waals surface area contributed by atoms with Crippen LogP contribution in [0.4, 0.5) is 0 Å². The molecular weight excluding hydrogens is 310 g/mol. The summed E-state index contributed by atoms with van der Waals surface area (Å²) in [5.74, 6) is 0. The van der Waals surface area contributed by atoms with Crippen LogP contribution in [0, 0.1) is 0 Å². The minimum atomic E-state index is -3.36. The van der Waals surface area contributed by atoms with E-state index >= 15 is 0 Å². The van der Waals surface area contributed by atoms with Crippen molar-refractivity contribution in [2.75, 3.05) is 21.1 Å². The fourth-order valence-corrected chi connectivity index (χ4v) is 4.79. The Balaban J connectivity index is 1.70. The zero-order valence-electron chi connectivity index (χ0n) is 14.2. The molecule has 2 saturated heterocycles.